The van der Waals surface area contributed by atoms with E-state index in [0.29, 0.717) is 37.2 Å². The summed E-state index contributed by atoms with van der Waals surface area (Å²) in [6.07, 6.45) is 3.41. The van der Waals surface area contributed by atoms with E-state index in [9.17, 15) is 4.79 Å². The van der Waals surface area contributed by atoms with Crippen molar-refractivity contribution in [3.63, 3.8) is 0 Å². The quantitative estimate of drug-likeness (QED) is 0.554. The van der Waals surface area contributed by atoms with Crippen LogP contribution in [-0.2, 0) is 20.7 Å². The van der Waals surface area contributed by atoms with Crippen LogP contribution >= 0.6 is 0 Å². The summed E-state index contributed by atoms with van der Waals surface area (Å²) in [5, 5.41) is 8.46. The number of amides is 1. The van der Waals surface area contributed by atoms with Crippen molar-refractivity contribution in [3.05, 3.63) is 35.8 Å². The van der Waals surface area contributed by atoms with Gasteiger partial charge in [0.2, 0.25) is 5.91 Å². The Labute approximate surface area is 180 Å². The van der Waals surface area contributed by atoms with Gasteiger partial charge in [-0.15, -0.1) is 0 Å². The van der Waals surface area contributed by atoms with Crippen molar-refractivity contribution >= 4 is 22.6 Å². The fourth-order valence-electron chi connectivity index (χ4n) is 3.68. The average molecular weight is 425 g/mol. The largest absolute Gasteiger partial charge is 0.491 e. The topological polar surface area (TPSA) is 100 Å². The zero-order valence-electron chi connectivity index (χ0n) is 18.1. The molecule has 31 heavy (non-hydrogen) atoms. The predicted molar refractivity (Wildman–Crippen MR) is 116 cm³/mol. The van der Waals surface area contributed by atoms with Crippen molar-refractivity contribution in [2.75, 3.05) is 38.9 Å². The third-order valence-corrected chi connectivity index (χ3v) is 5.21. The SMILES string of the molecule is CCc1nn(-c2cc(OCCOC)cc(C3CCOC3)n2)c2cc(NC(C)=O)ncc12. The maximum absolute atomic E-state index is 11.5. The molecule has 4 rings (SSSR count). The maximum Gasteiger partial charge on any atom is 0.222 e. The van der Waals surface area contributed by atoms with Crippen LogP contribution in [0.4, 0.5) is 5.82 Å². The molecule has 9 heteroatoms. The van der Waals surface area contributed by atoms with Gasteiger partial charge in [-0.3, -0.25) is 4.79 Å². The van der Waals surface area contributed by atoms with E-state index in [1.54, 1.807) is 18.0 Å². The molecule has 0 saturated carbocycles. The zero-order chi connectivity index (χ0) is 21.8. The Balaban J connectivity index is 1.81. The molecule has 0 spiro atoms. The predicted octanol–water partition coefficient (Wildman–Crippen LogP) is 2.87. The third-order valence-electron chi connectivity index (χ3n) is 5.21. The van der Waals surface area contributed by atoms with Gasteiger partial charge in [0, 0.05) is 56.3 Å². The molecule has 1 unspecified atom stereocenters. The number of pyridine rings is 2. The highest BCUT2D eigenvalue weighted by molar-refractivity contribution is 5.91. The number of carbonyl (C=O) groups excluding carboxylic acids is 1. The van der Waals surface area contributed by atoms with Crippen LogP contribution in [0.15, 0.2) is 24.4 Å². The van der Waals surface area contributed by atoms with Crippen molar-refractivity contribution in [1.82, 2.24) is 19.7 Å². The van der Waals surface area contributed by atoms with Gasteiger partial charge in [-0.25, -0.2) is 14.6 Å². The number of aryl methyl sites for hydroxylation is 1. The molecular formula is C22H27N5O4. The first-order valence-electron chi connectivity index (χ1n) is 10.5. The average Bonchev–Trinajstić information content (AvgIpc) is 3.41. The molecule has 1 aliphatic rings. The molecule has 0 bridgehead atoms. The number of aromatic nitrogens is 4. The first-order chi connectivity index (χ1) is 15.1. The molecule has 1 atom stereocenters. The normalized spacial score (nSPS) is 16.0. The van der Waals surface area contributed by atoms with E-state index in [-0.39, 0.29) is 11.8 Å². The van der Waals surface area contributed by atoms with Gasteiger partial charge in [-0.05, 0) is 12.8 Å². The monoisotopic (exact) mass is 425 g/mol. The Hall–Kier alpha value is -3.04. The smallest absolute Gasteiger partial charge is 0.222 e. The summed E-state index contributed by atoms with van der Waals surface area (Å²) in [5.74, 6) is 1.88. The molecular weight excluding hydrogens is 398 g/mol. The van der Waals surface area contributed by atoms with E-state index < -0.39 is 0 Å². The number of anilines is 1. The van der Waals surface area contributed by atoms with Gasteiger partial charge in [0.15, 0.2) is 5.82 Å². The number of fused-ring (bicyclic) bond motifs is 1. The van der Waals surface area contributed by atoms with Crippen molar-refractivity contribution in [2.24, 2.45) is 0 Å². The Morgan fingerprint density at radius 1 is 1.32 bits per heavy atom. The van der Waals surface area contributed by atoms with E-state index >= 15 is 0 Å². The van der Waals surface area contributed by atoms with Crippen LogP contribution in [0.25, 0.3) is 16.7 Å². The van der Waals surface area contributed by atoms with E-state index in [2.05, 4.69) is 10.3 Å². The summed E-state index contributed by atoms with van der Waals surface area (Å²) < 4.78 is 18.4. The van der Waals surface area contributed by atoms with Gasteiger partial charge in [0.1, 0.15) is 18.2 Å². The lowest BCUT2D eigenvalue weighted by atomic mass is 10.0. The van der Waals surface area contributed by atoms with Crippen molar-refractivity contribution < 1.29 is 19.0 Å². The molecule has 9 nitrogen and oxygen atoms in total. The van der Waals surface area contributed by atoms with Gasteiger partial charge in [-0.1, -0.05) is 6.92 Å². The minimum atomic E-state index is -0.177. The number of hydrogen-bond donors (Lipinski definition) is 1. The fourth-order valence-corrected chi connectivity index (χ4v) is 3.68. The molecule has 1 amide bonds. The minimum absolute atomic E-state index is 0.177. The number of nitrogens with zero attached hydrogens (tertiary/aromatic N) is 4. The van der Waals surface area contributed by atoms with Gasteiger partial charge in [0.25, 0.3) is 0 Å². The highest BCUT2D eigenvalue weighted by Gasteiger charge is 2.22. The lowest BCUT2D eigenvalue weighted by molar-refractivity contribution is -0.114. The standard InChI is InChI=1S/C22H27N5O4/c1-4-18-17-12-23-21(24-14(2)28)11-20(17)27(26-18)22-10-16(31-8-7-29-3)9-19(25-22)15-5-6-30-13-15/h9-12,15H,4-8,13H2,1-3H3,(H,23,24,28). The molecule has 3 aromatic rings. The number of nitrogens with one attached hydrogen (secondary N) is 1. The van der Waals surface area contributed by atoms with E-state index in [0.717, 1.165) is 41.7 Å². The van der Waals surface area contributed by atoms with E-state index in [1.807, 2.05) is 25.1 Å². The second kappa shape index (κ2) is 9.40. The van der Waals surface area contributed by atoms with Crippen LogP contribution in [0.2, 0.25) is 0 Å². The lowest BCUT2D eigenvalue weighted by Crippen LogP contribution is -2.10. The second-order valence-corrected chi connectivity index (χ2v) is 7.47. The molecule has 164 valence electrons. The molecule has 4 heterocycles. The first-order valence-corrected chi connectivity index (χ1v) is 10.5. The van der Waals surface area contributed by atoms with Crippen LogP contribution in [0, 0.1) is 0 Å². The molecule has 3 aromatic heterocycles. The highest BCUT2D eigenvalue weighted by atomic mass is 16.5. The molecule has 1 aliphatic heterocycles. The van der Waals surface area contributed by atoms with Crippen molar-refractivity contribution in [3.8, 4) is 11.6 Å². The summed E-state index contributed by atoms with van der Waals surface area (Å²) in [7, 11) is 1.64. The minimum Gasteiger partial charge on any atom is -0.491 e. The summed E-state index contributed by atoms with van der Waals surface area (Å²) in [6.45, 7) is 5.82. The Kier molecular flexibility index (Phi) is 6.43. The summed E-state index contributed by atoms with van der Waals surface area (Å²) in [4.78, 5) is 20.8. The maximum atomic E-state index is 11.5. The van der Waals surface area contributed by atoms with Crippen molar-refractivity contribution in [2.45, 2.75) is 32.6 Å². The molecule has 1 N–H and O–H groups in total. The lowest BCUT2D eigenvalue weighted by Gasteiger charge is -2.14. The number of ether oxygens (including phenoxy) is 3. The molecule has 0 aliphatic carbocycles. The zero-order valence-corrected chi connectivity index (χ0v) is 18.1. The fraction of sp³-hybridized carbons (Fsp3) is 0.455. The van der Waals surface area contributed by atoms with Crippen molar-refractivity contribution in [1.29, 1.82) is 0 Å². The van der Waals surface area contributed by atoms with Gasteiger partial charge in [0.05, 0.1) is 30.1 Å². The van der Waals surface area contributed by atoms with Crippen LogP contribution in [0.3, 0.4) is 0 Å². The van der Waals surface area contributed by atoms with Gasteiger partial charge in [-0.2, -0.15) is 5.10 Å². The van der Waals surface area contributed by atoms with Crippen LogP contribution < -0.4 is 10.1 Å². The van der Waals surface area contributed by atoms with E-state index in [4.69, 9.17) is 24.3 Å². The second-order valence-electron chi connectivity index (χ2n) is 7.47. The molecule has 1 fully saturated rings. The summed E-state index contributed by atoms with van der Waals surface area (Å²) in [5.41, 5.74) is 2.65. The highest BCUT2D eigenvalue weighted by Crippen LogP contribution is 2.30. The van der Waals surface area contributed by atoms with Crippen LogP contribution in [0.5, 0.6) is 5.75 Å². The number of methoxy groups -OCH3 is 1. The molecule has 0 aromatic carbocycles. The first kappa shape index (κ1) is 21.2. The molecule has 1 saturated heterocycles. The Bertz CT molecular complexity index is 1080. The number of hydrogen-bond acceptors (Lipinski definition) is 7. The Morgan fingerprint density at radius 2 is 2.19 bits per heavy atom. The number of carbonyl (C=O) groups is 1. The third kappa shape index (κ3) is 4.67. The number of rotatable bonds is 8. The molecule has 0 radical (unpaired) electrons. The Morgan fingerprint density at radius 3 is 2.90 bits per heavy atom. The van der Waals surface area contributed by atoms with Crippen LogP contribution in [-0.4, -0.2) is 59.2 Å². The van der Waals surface area contributed by atoms with Gasteiger partial charge < -0.3 is 19.5 Å². The summed E-state index contributed by atoms with van der Waals surface area (Å²) in [6, 6.07) is 5.66. The summed E-state index contributed by atoms with van der Waals surface area (Å²) >= 11 is 0. The van der Waals surface area contributed by atoms with Gasteiger partial charge >= 0.3 is 0 Å². The van der Waals surface area contributed by atoms with Crippen LogP contribution in [0.1, 0.15) is 37.6 Å². The van der Waals surface area contributed by atoms with E-state index in [1.165, 1.54) is 6.92 Å².